The van der Waals surface area contributed by atoms with E-state index in [1.165, 1.54) is 0 Å². The number of rotatable bonds is 4. The number of nitrogens with two attached hydrogens (primary N) is 1. The first-order chi connectivity index (χ1) is 7.10. The summed E-state index contributed by atoms with van der Waals surface area (Å²) >= 11 is 0. The molecular weight excluding hydrogens is 190 g/mol. The van der Waals surface area contributed by atoms with Crippen molar-refractivity contribution >= 4 is 0 Å². The summed E-state index contributed by atoms with van der Waals surface area (Å²) < 4.78 is 5.24. The molecule has 0 fully saturated rings. The predicted molar refractivity (Wildman–Crippen MR) is 61.2 cm³/mol. The molecule has 1 rings (SSSR count). The lowest BCUT2D eigenvalue weighted by molar-refractivity contribution is 0.164. The molecule has 0 aromatic heterocycles. The molecule has 1 aromatic rings. The second-order valence-corrected chi connectivity index (χ2v) is 3.81. The van der Waals surface area contributed by atoms with Crippen LogP contribution in [0.2, 0.25) is 0 Å². The van der Waals surface area contributed by atoms with Crippen LogP contribution in [0.3, 0.4) is 0 Å². The van der Waals surface area contributed by atoms with Gasteiger partial charge in [-0.25, -0.2) is 0 Å². The van der Waals surface area contributed by atoms with Crippen molar-refractivity contribution < 1.29 is 9.84 Å². The van der Waals surface area contributed by atoms with E-state index in [0.717, 1.165) is 16.9 Å². The molecule has 0 bridgehead atoms. The molecule has 15 heavy (non-hydrogen) atoms. The van der Waals surface area contributed by atoms with Gasteiger partial charge in [0.25, 0.3) is 0 Å². The van der Waals surface area contributed by atoms with Crippen molar-refractivity contribution in [1.82, 2.24) is 0 Å². The van der Waals surface area contributed by atoms with Crippen LogP contribution in [0.4, 0.5) is 0 Å². The maximum atomic E-state index is 9.58. The second-order valence-electron chi connectivity index (χ2n) is 3.81. The third-order valence-corrected chi connectivity index (χ3v) is 2.70. The van der Waals surface area contributed by atoms with Crippen LogP contribution < -0.4 is 10.5 Å². The van der Waals surface area contributed by atoms with Crippen LogP contribution in [0.1, 0.15) is 24.0 Å². The Morgan fingerprint density at radius 2 is 2.13 bits per heavy atom. The fourth-order valence-electron chi connectivity index (χ4n) is 1.68. The molecule has 1 aromatic carbocycles. The highest BCUT2D eigenvalue weighted by Crippen LogP contribution is 2.25. The molecule has 2 atom stereocenters. The Kier molecular flexibility index (Phi) is 4.12. The molecule has 3 heteroatoms. The van der Waals surface area contributed by atoms with E-state index < -0.39 is 6.10 Å². The number of aliphatic hydroxyl groups is 1. The number of ether oxygens (including phenoxy) is 1. The fourth-order valence-corrected chi connectivity index (χ4v) is 1.68. The topological polar surface area (TPSA) is 55.5 Å². The van der Waals surface area contributed by atoms with Crippen molar-refractivity contribution in [3.8, 4) is 5.75 Å². The highest BCUT2D eigenvalue weighted by molar-refractivity contribution is 5.38. The maximum absolute atomic E-state index is 9.58. The van der Waals surface area contributed by atoms with E-state index in [1.807, 2.05) is 25.1 Å². The first kappa shape index (κ1) is 12.0. The van der Waals surface area contributed by atoms with Crippen LogP contribution in [-0.4, -0.2) is 24.9 Å². The highest BCUT2D eigenvalue weighted by atomic mass is 16.5. The SMILES string of the molecule is COc1cc(C(CN)C(C)O)ccc1C. The molecule has 0 radical (unpaired) electrons. The van der Waals surface area contributed by atoms with E-state index in [1.54, 1.807) is 14.0 Å². The summed E-state index contributed by atoms with van der Waals surface area (Å²) in [6.07, 6.45) is -0.442. The Bertz CT molecular complexity index is 323. The summed E-state index contributed by atoms with van der Waals surface area (Å²) in [5, 5.41) is 9.58. The van der Waals surface area contributed by atoms with Crippen molar-refractivity contribution in [3.63, 3.8) is 0 Å². The van der Waals surface area contributed by atoms with Gasteiger partial charge >= 0.3 is 0 Å². The summed E-state index contributed by atoms with van der Waals surface area (Å²) in [4.78, 5) is 0. The van der Waals surface area contributed by atoms with Gasteiger partial charge in [-0.1, -0.05) is 12.1 Å². The number of hydrogen-bond acceptors (Lipinski definition) is 3. The van der Waals surface area contributed by atoms with Gasteiger partial charge in [0.2, 0.25) is 0 Å². The Morgan fingerprint density at radius 1 is 1.47 bits per heavy atom. The van der Waals surface area contributed by atoms with Crippen LogP contribution in [0.5, 0.6) is 5.75 Å². The molecule has 0 heterocycles. The normalized spacial score (nSPS) is 14.7. The summed E-state index contributed by atoms with van der Waals surface area (Å²) in [5.41, 5.74) is 7.74. The van der Waals surface area contributed by atoms with Gasteiger partial charge in [0.1, 0.15) is 5.75 Å². The molecule has 0 saturated carbocycles. The monoisotopic (exact) mass is 209 g/mol. The quantitative estimate of drug-likeness (QED) is 0.788. The van der Waals surface area contributed by atoms with E-state index >= 15 is 0 Å². The van der Waals surface area contributed by atoms with Gasteiger partial charge in [-0.05, 0) is 31.0 Å². The van der Waals surface area contributed by atoms with Gasteiger partial charge in [-0.3, -0.25) is 0 Å². The van der Waals surface area contributed by atoms with E-state index in [0.29, 0.717) is 6.54 Å². The standard InChI is InChI=1S/C12H19NO2/c1-8-4-5-10(6-12(8)15-3)11(7-13)9(2)14/h4-6,9,11,14H,7,13H2,1-3H3. The van der Waals surface area contributed by atoms with E-state index in [2.05, 4.69) is 0 Å². The lowest BCUT2D eigenvalue weighted by atomic mass is 9.93. The Labute approximate surface area is 90.9 Å². The van der Waals surface area contributed by atoms with Crippen molar-refractivity contribution in [3.05, 3.63) is 29.3 Å². The van der Waals surface area contributed by atoms with Gasteiger partial charge in [0, 0.05) is 12.5 Å². The van der Waals surface area contributed by atoms with E-state index in [9.17, 15) is 5.11 Å². The maximum Gasteiger partial charge on any atom is 0.122 e. The summed E-state index contributed by atoms with van der Waals surface area (Å²) in [6.45, 7) is 4.18. The van der Waals surface area contributed by atoms with Crippen LogP contribution in [0.25, 0.3) is 0 Å². The fraction of sp³-hybridized carbons (Fsp3) is 0.500. The largest absolute Gasteiger partial charge is 0.496 e. The van der Waals surface area contributed by atoms with Crippen molar-refractivity contribution in [2.75, 3.05) is 13.7 Å². The second kappa shape index (κ2) is 5.14. The Hall–Kier alpha value is -1.06. The number of methoxy groups -OCH3 is 1. The molecule has 0 amide bonds. The third kappa shape index (κ3) is 2.70. The predicted octanol–water partition coefficient (Wildman–Crippen LogP) is 1.43. The zero-order valence-electron chi connectivity index (χ0n) is 9.53. The molecule has 3 nitrogen and oxygen atoms in total. The number of aryl methyl sites for hydroxylation is 1. The lowest BCUT2D eigenvalue weighted by Crippen LogP contribution is -2.23. The highest BCUT2D eigenvalue weighted by Gasteiger charge is 2.16. The summed E-state index contributed by atoms with van der Waals surface area (Å²) in [7, 11) is 1.64. The van der Waals surface area contributed by atoms with E-state index in [4.69, 9.17) is 10.5 Å². The van der Waals surface area contributed by atoms with Gasteiger partial charge in [-0.2, -0.15) is 0 Å². The summed E-state index contributed by atoms with van der Waals surface area (Å²) in [5.74, 6) is 0.811. The average Bonchev–Trinajstić information content (AvgIpc) is 2.21. The molecule has 0 spiro atoms. The van der Waals surface area contributed by atoms with Crippen LogP contribution in [0.15, 0.2) is 18.2 Å². The number of aliphatic hydroxyl groups excluding tert-OH is 1. The van der Waals surface area contributed by atoms with Crippen molar-refractivity contribution in [2.45, 2.75) is 25.9 Å². The van der Waals surface area contributed by atoms with Crippen LogP contribution in [0, 0.1) is 6.92 Å². The smallest absolute Gasteiger partial charge is 0.122 e. The van der Waals surface area contributed by atoms with Crippen LogP contribution in [-0.2, 0) is 0 Å². The number of benzene rings is 1. The van der Waals surface area contributed by atoms with Gasteiger partial charge in [0.15, 0.2) is 0 Å². The number of hydrogen-bond donors (Lipinski definition) is 2. The van der Waals surface area contributed by atoms with Gasteiger partial charge < -0.3 is 15.6 Å². The van der Waals surface area contributed by atoms with Crippen LogP contribution >= 0.6 is 0 Å². The van der Waals surface area contributed by atoms with Gasteiger partial charge in [-0.15, -0.1) is 0 Å². The Morgan fingerprint density at radius 3 is 2.60 bits per heavy atom. The van der Waals surface area contributed by atoms with Crippen molar-refractivity contribution in [2.24, 2.45) is 5.73 Å². The summed E-state index contributed by atoms with van der Waals surface area (Å²) in [6, 6.07) is 5.92. The molecule has 2 unspecified atom stereocenters. The minimum atomic E-state index is -0.442. The molecule has 3 N–H and O–H groups in total. The molecule has 0 aliphatic rings. The van der Waals surface area contributed by atoms with Crippen molar-refractivity contribution in [1.29, 1.82) is 0 Å². The third-order valence-electron chi connectivity index (χ3n) is 2.70. The molecular formula is C12H19NO2. The first-order valence-corrected chi connectivity index (χ1v) is 5.12. The molecule has 84 valence electrons. The molecule has 0 aliphatic heterocycles. The zero-order chi connectivity index (χ0) is 11.4. The minimum absolute atomic E-state index is 0.0282. The molecule has 0 aliphatic carbocycles. The zero-order valence-corrected chi connectivity index (χ0v) is 9.53. The minimum Gasteiger partial charge on any atom is -0.496 e. The first-order valence-electron chi connectivity index (χ1n) is 5.12. The lowest BCUT2D eigenvalue weighted by Gasteiger charge is -2.19. The Balaban J connectivity index is 3.03. The van der Waals surface area contributed by atoms with Gasteiger partial charge in [0.05, 0.1) is 13.2 Å². The molecule has 0 saturated heterocycles. The van der Waals surface area contributed by atoms with E-state index in [-0.39, 0.29) is 5.92 Å². The average molecular weight is 209 g/mol.